The van der Waals surface area contributed by atoms with E-state index in [4.69, 9.17) is 5.53 Å². The molecule has 0 amide bonds. The normalized spacial score (nSPS) is 15.6. The summed E-state index contributed by atoms with van der Waals surface area (Å²) in [6.45, 7) is 0. The molecule has 14 heavy (non-hydrogen) atoms. The molecule has 8 heteroatoms. The zero-order valence-electron chi connectivity index (χ0n) is 7.17. The molecule has 0 N–H and O–H groups in total. The summed E-state index contributed by atoms with van der Waals surface area (Å²) in [5.74, 6) is -0.658. The second kappa shape index (κ2) is 4.79. The van der Waals surface area contributed by atoms with Gasteiger partial charge in [0.25, 0.3) is 5.78 Å². The van der Waals surface area contributed by atoms with Crippen LogP contribution in [-0.4, -0.2) is 29.3 Å². The fourth-order valence-electron chi connectivity index (χ4n) is 0.731. The van der Waals surface area contributed by atoms with Gasteiger partial charge in [-0.1, -0.05) is 0 Å². The smallest absolute Gasteiger partial charge is 0.744 e. The Bertz CT molecular complexity index is 470. The fourth-order valence-corrected chi connectivity index (χ4v) is 1.22. The maximum atomic E-state index is 10.8. The summed E-state index contributed by atoms with van der Waals surface area (Å²) < 4.78 is 31.3. The number of rotatable bonds is 1. The standard InChI is InChI=1S/C6H4N2O4S.Na/c7-8-5-3-4(13(10,11)12)1-2-6(5)9;/h1-3H,(H,10,11,12);/q;+1/p-1. The van der Waals surface area contributed by atoms with Crippen LogP contribution in [-0.2, 0) is 14.9 Å². The van der Waals surface area contributed by atoms with Gasteiger partial charge >= 0.3 is 35.3 Å². The topological polar surface area (TPSA) is 111 Å². The van der Waals surface area contributed by atoms with Crippen LogP contribution in [0.5, 0.6) is 0 Å². The molecule has 0 fully saturated rings. The number of carbonyl (C=O) groups is 1. The molecule has 1 rings (SSSR count). The van der Waals surface area contributed by atoms with Crippen molar-refractivity contribution in [2.45, 2.75) is 0 Å². The van der Waals surface area contributed by atoms with Crippen molar-refractivity contribution in [1.29, 1.82) is 0 Å². The van der Waals surface area contributed by atoms with Crippen molar-refractivity contribution >= 4 is 21.6 Å². The molecule has 0 aromatic rings. The quantitative estimate of drug-likeness (QED) is 0.149. The number of hydrogen-bond acceptors (Lipinski definition) is 4. The largest absolute Gasteiger partial charge is 1.00 e. The average Bonchev–Trinajstić information content (AvgIpc) is 2.03. The number of nitrogens with zero attached hydrogens (tertiary/aromatic N) is 2. The Morgan fingerprint density at radius 3 is 2.36 bits per heavy atom. The molecule has 0 bridgehead atoms. The zero-order valence-corrected chi connectivity index (χ0v) is 9.98. The fraction of sp³-hybridized carbons (Fsp3) is 0. The number of carbonyl (C=O) groups excluding carboxylic acids is 1. The zero-order chi connectivity index (χ0) is 10.1. The number of ketones is 1. The van der Waals surface area contributed by atoms with Crippen molar-refractivity contribution in [2.24, 2.45) is 0 Å². The molecule has 68 valence electrons. The molecule has 0 atom stereocenters. The van der Waals surface area contributed by atoms with Crippen molar-refractivity contribution in [2.75, 3.05) is 0 Å². The number of allylic oxidation sites excluding steroid dienone is 3. The second-order valence-electron chi connectivity index (χ2n) is 2.18. The van der Waals surface area contributed by atoms with Crippen LogP contribution < -0.4 is 29.6 Å². The molecular weight excluding hydrogens is 219 g/mol. The van der Waals surface area contributed by atoms with Gasteiger partial charge in [0.15, 0.2) is 0 Å². The third kappa shape index (κ3) is 2.98. The molecular formula is C6H3N2NaO4S. The van der Waals surface area contributed by atoms with E-state index in [2.05, 4.69) is 4.79 Å². The van der Waals surface area contributed by atoms with E-state index in [-0.39, 0.29) is 29.6 Å². The maximum Gasteiger partial charge on any atom is 1.00 e. The van der Waals surface area contributed by atoms with Crippen molar-refractivity contribution in [1.82, 2.24) is 0 Å². The summed E-state index contributed by atoms with van der Waals surface area (Å²) in [7, 11) is -4.61. The van der Waals surface area contributed by atoms with E-state index in [0.717, 1.165) is 12.2 Å². The van der Waals surface area contributed by atoms with Crippen LogP contribution in [0.1, 0.15) is 0 Å². The van der Waals surface area contributed by atoms with E-state index >= 15 is 0 Å². The van der Waals surface area contributed by atoms with E-state index < -0.39 is 26.5 Å². The summed E-state index contributed by atoms with van der Waals surface area (Å²) in [6, 6.07) is 0. The van der Waals surface area contributed by atoms with Crippen LogP contribution in [0.25, 0.3) is 5.53 Å². The first-order valence-electron chi connectivity index (χ1n) is 3.07. The van der Waals surface area contributed by atoms with Gasteiger partial charge in [0.2, 0.25) is 0 Å². The van der Waals surface area contributed by atoms with Gasteiger partial charge in [-0.15, -0.1) is 0 Å². The van der Waals surface area contributed by atoms with E-state index in [0.29, 0.717) is 6.08 Å². The Morgan fingerprint density at radius 1 is 1.36 bits per heavy atom. The van der Waals surface area contributed by atoms with Crippen LogP contribution in [0.2, 0.25) is 0 Å². The Morgan fingerprint density at radius 2 is 1.93 bits per heavy atom. The van der Waals surface area contributed by atoms with Crippen LogP contribution in [0.4, 0.5) is 0 Å². The van der Waals surface area contributed by atoms with Crippen molar-refractivity contribution < 1.29 is 52.1 Å². The van der Waals surface area contributed by atoms with Crippen LogP contribution in [0.15, 0.2) is 23.1 Å². The molecule has 1 aliphatic rings. The summed E-state index contributed by atoms with van der Waals surface area (Å²) in [5.41, 5.74) is 7.76. The average molecular weight is 222 g/mol. The first-order chi connectivity index (χ1) is 5.95. The molecule has 0 unspecified atom stereocenters. The first-order valence-corrected chi connectivity index (χ1v) is 4.48. The van der Waals surface area contributed by atoms with Gasteiger partial charge in [-0.3, -0.25) is 4.79 Å². The molecule has 6 nitrogen and oxygen atoms in total. The minimum atomic E-state index is -4.61. The second-order valence-corrected chi connectivity index (χ2v) is 3.56. The molecule has 1 aliphatic carbocycles. The summed E-state index contributed by atoms with van der Waals surface area (Å²) in [4.78, 5) is 12.7. The van der Waals surface area contributed by atoms with Crippen LogP contribution in [0, 0.1) is 0 Å². The van der Waals surface area contributed by atoms with E-state index in [9.17, 15) is 17.8 Å². The van der Waals surface area contributed by atoms with Crippen LogP contribution in [0.3, 0.4) is 0 Å². The Balaban J connectivity index is 0.00000169. The molecule has 0 saturated heterocycles. The van der Waals surface area contributed by atoms with Crippen LogP contribution >= 0.6 is 0 Å². The molecule has 0 heterocycles. The Kier molecular flexibility index (Phi) is 4.60. The van der Waals surface area contributed by atoms with Gasteiger partial charge in [-0.2, -0.15) is 4.79 Å². The Hall–Kier alpha value is -0.560. The third-order valence-electron chi connectivity index (χ3n) is 1.33. The molecule has 0 saturated carbocycles. The predicted octanol–water partition coefficient (Wildman–Crippen LogP) is -3.77. The molecule has 0 aliphatic heterocycles. The monoisotopic (exact) mass is 222 g/mol. The van der Waals surface area contributed by atoms with Gasteiger partial charge < -0.3 is 10.1 Å². The van der Waals surface area contributed by atoms with Gasteiger partial charge in [-0.25, -0.2) is 8.42 Å². The molecule has 0 aromatic heterocycles. The van der Waals surface area contributed by atoms with E-state index in [1.807, 2.05) is 0 Å². The SMILES string of the molecule is [N-]=[N+]=C1C=C(S(=O)(=O)[O-])C=CC1=O.[Na+]. The van der Waals surface area contributed by atoms with Gasteiger partial charge in [-0.05, 0) is 12.2 Å². The Labute approximate surface area is 102 Å². The summed E-state index contributed by atoms with van der Waals surface area (Å²) in [6.07, 6.45) is 2.42. The third-order valence-corrected chi connectivity index (χ3v) is 2.16. The minimum Gasteiger partial charge on any atom is -0.744 e. The molecule has 0 spiro atoms. The van der Waals surface area contributed by atoms with Gasteiger partial charge in [0.1, 0.15) is 10.1 Å². The first kappa shape index (κ1) is 13.4. The van der Waals surface area contributed by atoms with E-state index in [1.54, 1.807) is 0 Å². The van der Waals surface area contributed by atoms with Gasteiger partial charge in [0.05, 0.1) is 4.91 Å². The molecule has 0 aromatic carbocycles. The minimum absolute atomic E-state index is 0. The van der Waals surface area contributed by atoms with Crippen molar-refractivity contribution in [3.63, 3.8) is 0 Å². The molecule has 0 radical (unpaired) electrons. The van der Waals surface area contributed by atoms with Crippen molar-refractivity contribution in [3.05, 3.63) is 28.7 Å². The van der Waals surface area contributed by atoms with E-state index in [1.165, 1.54) is 0 Å². The summed E-state index contributed by atoms with van der Waals surface area (Å²) >= 11 is 0. The predicted molar refractivity (Wildman–Crippen MR) is 40.6 cm³/mol. The maximum absolute atomic E-state index is 10.8. The van der Waals surface area contributed by atoms with Gasteiger partial charge in [0, 0.05) is 6.08 Å². The summed E-state index contributed by atoms with van der Waals surface area (Å²) in [5, 5.41) is 0. The van der Waals surface area contributed by atoms with Crippen molar-refractivity contribution in [3.8, 4) is 0 Å². The number of hydrogen-bond donors (Lipinski definition) is 0.